The summed E-state index contributed by atoms with van der Waals surface area (Å²) in [6, 6.07) is 13.0. The number of carbonyl (C=O) groups is 4. The lowest BCUT2D eigenvalue weighted by Crippen LogP contribution is -2.32. The van der Waals surface area contributed by atoms with Crippen LogP contribution in [0.4, 0.5) is 11.4 Å². The topological polar surface area (TPSA) is 92.8 Å². The largest absolute Gasteiger partial charge is 0.465 e. The molecule has 2 rings (SSSR count). The van der Waals surface area contributed by atoms with Crippen LogP contribution in [0.3, 0.4) is 0 Å². The van der Waals surface area contributed by atoms with E-state index in [1.54, 1.807) is 48.5 Å². The lowest BCUT2D eigenvalue weighted by atomic mass is 10.1. The first-order valence-corrected chi connectivity index (χ1v) is 8.69. The van der Waals surface area contributed by atoms with E-state index in [-0.39, 0.29) is 30.6 Å². The van der Waals surface area contributed by atoms with Crippen LogP contribution in [-0.4, -0.2) is 37.2 Å². The van der Waals surface area contributed by atoms with Gasteiger partial charge in [0.2, 0.25) is 11.8 Å². The van der Waals surface area contributed by atoms with Crippen LogP contribution < -0.4 is 10.2 Å². The molecule has 0 aliphatic heterocycles. The molecule has 7 heteroatoms. The molecule has 0 atom stereocenters. The summed E-state index contributed by atoms with van der Waals surface area (Å²) in [4.78, 5) is 48.6. The van der Waals surface area contributed by atoms with Gasteiger partial charge in [-0.25, -0.2) is 4.79 Å². The van der Waals surface area contributed by atoms with Crippen molar-refractivity contribution in [1.29, 1.82) is 0 Å². The molecule has 0 fully saturated rings. The summed E-state index contributed by atoms with van der Waals surface area (Å²) in [6.45, 7) is 3.01. The smallest absolute Gasteiger partial charge is 0.337 e. The van der Waals surface area contributed by atoms with Crippen LogP contribution in [0.1, 0.15) is 41.0 Å². The lowest BCUT2D eigenvalue weighted by molar-refractivity contribution is -0.117. The Morgan fingerprint density at radius 1 is 0.964 bits per heavy atom. The summed E-state index contributed by atoms with van der Waals surface area (Å²) in [5, 5.41) is 2.73. The van der Waals surface area contributed by atoms with Gasteiger partial charge in [0.05, 0.1) is 12.7 Å². The zero-order chi connectivity index (χ0) is 20.7. The molecule has 0 aliphatic rings. The number of rotatable bonds is 7. The Balaban J connectivity index is 2.03. The van der Waals surface area contributed by atoms with Crippen LogP contribution in [0.5, 0.6) is 0 Å². The third kappa shape index (κ3) is 5.51. The van der Waals surface area contributed by atoms with Crippen molar-refractivity contribution in [2.75, 3.05) is 23.9 Å². The number of hydrogen-bond donors (Lipinski definition) is 1. The van der Waals surface area contributed by atoms with Gasteiger partial charge in [0.1, 0.15) is 0 Å². The van der Waals surface area contributed by atoms with E-state index in [1.165, 1.54) is 25.9 Å². The number of nitrogens with zero attached hydrogens (tertiary/aromatic N) is 1. The Hall–Kier alpha value is -3.48. The highest BCUT2D eigenvalue weighted by Gasteiger charge is 2.16. The highest BCUT2D eigenvalue weighted by Crippen LogP contribution is 2.18. The minimum atomic E-state index is -0.503. The summed E-state index contributed by atoms with van der Waals surface area (Å²) in [6.07, 6.45) is 0.0660. The summed E-state index contributed by atoms with van der Waals surface area (Å²) >= 11 is 0. The second-order valence-electron chi connectivity index (χ2n) is 6.14. The average Bonchev–Trinajstić information content (AvgIpc) is 2.68. The van der Waals surface area contributed by atoms with E-state index < -0.39 is 5.97 Å². The van der Waals surface area contributed by atoms with Crippen molar-refractivity contribution >= 4 is 34.9 Å². The second-order valence-corrected chi connectivity index (χ2v) is 6.14. The fourth-order valence-electron chi connectivity index (χ4n) is 2.61. The van der Waals surface area contributed by atoms with Gasteiger partial charge < -0.3 is 15.0 Å². The van der Waals surface area contributed by atoms with Gasteiger partial charge in [-0.2, -0.15) is 0 Å². The van der Waals surface area contributed by atoms with Gasteiger partial charge in [-0.3, -0.25) is 14.4 Å². The number of Topliss-reactive ketones (excluding diaryl/α,β-unsaturated/α-hetero) is 1. The van der Waals surface area contributed by atoms with Crippen molar-refractivity contribution < 1.29 is 23.9 Å². The van der Waals surface area contributed by atoms with Crippen molar-refractivity contribution in [3.05, 3.63) is 59.7 Å². The number of esters is 1. The SMILES string of the molecule is COC(=O)c1cccc(N(CCC(=O)Nc2ccc(C(C)=O)cc2)C(C)=O)c1. The molecule has 2 aromatic carbocycles. The lowest BCUT2D eigenvalue weighted by Gasteiger charge is -2.21. The van der Waals surface area contributed by atoms with E-state index in [0.717, 1.165) is 0 Å². The minimum absolute atomic E-state index is 0.0517. The standard InChI is InChI=1S/C21H22N2O5/c1-14(24)16-7-9-18(10-8-16)22-20(26)11-12-23(15(2)25)19-6-4-5-17(13-19)21(27)28-3/h4-10,13H,11-12H2,1-3H3,(H,22,26). The molecule has 146 valence electrons. The van der Waals surface area contributed by atoms with Gasteiger partial charge in [-0.1, -0.05) is 6.07 Å². The normalized spacial score (nSPS) is 10.1. The zero-order valence-corrected chi connectivity index (χ0v) is 16.0. The van der Waals surface area contributed by atoms with Gasteiger partial charge in [-0.15, -0.1) is 0 Å². The van der Waals surface area contributed by atoms with Crippen molar-refractivity contribution in [2.24, 2.45) is 0 Å². The molecule has 1 N–H and O–H groups in total. The van der Waals surface area contributed by atoms with Crippen molar-refractivity contribution in [1.82, 2.24) is 0 Å². The molecule has 0 heterocycles. The monoisotopic (exact) mass is 382 g/mol. The second kappa shape index (κ2) is 9.45. The molecule has 0 spiro atoms. The van der Waals surface area contributed by atoms with Crippen LogP contribution in [0.2, 0.25) is 0 Å². The zero-order valence-electron chi connectivity index (χ0n) is 16.0. The maximum absolute atomic E-state index is 12.2. The Labute approximate surface area is 163 Å². The molecule has 0 unspecified atom stereocenters. The van der Waals surface area contributed by atoms with Gasteiger partial charge in [0.25, 0.3) is 0 Å². The molecule has 0 bridgehead atoms. The highest BCUT2D eigenvalue weighted by atomic mass is 16.5. The average molecular weight is 382 g/mol. The summed E-state index contributed by atoms with van der Waals surface area (Å²) in [5.74, 6) is -1.08. The van der Waals surface area contributed by atoms with Gasteiger partial charge in [-0.05, 0) is 49.4 Å². The van der Waals surface area contributed by atoms with Crippen molar-refractivity contribution in [2.45, 2.75) is 20.3 Å². The van der Waals surface area contributed by atoms with Crippen molar-refractivity contribution in [3.63, 3.8) is 0 Å². The summed E-state index contributed by atoms with van der Waals surface area (Å²) in [5.41, 5.74) is 1.96. The van der Waals surface area contributed by atoms with Gasteiger partial charge >= 0.3 is 5.97 Å². The molecule has 2 amide bonds. The molecular weight excluding hydrogens is 360 g/mol. The third-order valence-electron chi connectivity index (χ3n) is 4.10. The Morgan fingerprint density at radius 2 is 1.64 bits per heavy atom. The van der Waals surface area contributed by atoms with Gasteiger partial charge in [0, 0.05) is 36.8 Å². The number of benzene rings is 2. The number of anilines is 2. The first-order chi connectivity index (χ1) is 13.3. The number of ketones is 1. The summed E-state index contributed by atoms with van der Waals surface area (Å²) in [7, 11) is 1.28. The Bertz CT molecular complexity index is 890. The molecule has 7 nitrogen and oxygen atoms in total. The fraction of sp³-hybridized carbons (Fsp3) is 0.238. The molecular formula is C21H22N2O5. The van der Waals surface area contributed by atoms with Crippen molar-refractivity contribution in [3.8, 4) is 0 Å². The fourth-order valence-corrected chi connectivity index (χ4v) is 2.61. The number of carbonyl (C=O) groups excluding carboxylic acids is 4. The van der Waals surface area contributed by atoms with Crippen LogP contribution in [-0.2, 0) is 14.3 Å². The third-order valence-corrected chi connectivity index (χ3v) is 4.10. The number of hydrogen-bond acceptors (Lipinski definition) is 5. The molecule has 0 radical (unpaired) electrons. The van der Waals surface area contributed by atoms with E-state index in [0.29, 0.717) is 22.5 Å². The number of methoxy groups -OCH3 is 1. The predicted octanol–water partition coefficient (Wildman–Crippen LogP) is 3.06. The maximum atomic E-state index is 12.2. The molecule has 0 aromatic heterocycles. The maximum Gasteiger partial charge on any atom is 0.337 e. The Kier molecular flexibility index (Phi) is 7.03. The van der Waals surface area contributed by atoms with E-state index >= 15 is 0 Å². The first-order valence-electron chi connectivity index (χ1n) is 8.69. The van der Waals surface area contributed by atoms with Crippen LogP contribution >= 0.6 is 0 Å². The number of nitrogens with one attached hydrogen (secondary N) is 1. The van der Waals surface area contributed by atoms with Crippen LogP contribution in [0.15, 0.2) is 48.5 Å². The highest BCUT2D eigenvalue weighted by molar-refractivity contribution is 5.97. The summed E-state index contributed by atoms with van der Waals surface area (Å²) < 4.78 is 4.69. The molecule has 28 heavy (non-hydrogen) atoms. The molecule has 0 aliphatic carbocycles. The molecule has 2 aromatic rings. The Morgan fingerprint density at radius 3 is 2.21 bits per heavy atom. The van der Waals surface area contributed by atoms with Crippen LogP contribution in [0, 0.1) is 0 Å². The van der Waals surface area contributed by atoms with Crippen LogP contribution in [0.25, 0.3) is 0 Å². The van der Waals surface area contributed by atoms with E-state index in [1.807, 2.05) is 0 Å². The predicted molar refractivity (Wildman–Crippen MR) is 106 cm³/mol. The van der Waals surface area contributed by atoms with E-state index in [9.17, 15) is 19.2 Å². The first kappa shape index (κ1) is 20.8. The van der Waals surface area contributed by atoms with E-state index in [4.69, 9.17) is 4.74 Å². The quantitative estimate of drug-likeness (QED) is 0.587. The molecule has 0 saturated heterocycles. The minimum Gasteiger partial charge on any atom is -0.465 e. The molecule has 0 saturated carbocycles. The van der Waals surface area contributed by atoms with Gasteiger partial charge in [0.15, 0.2) is 5.78 Å². The number of amides is 2. The number of ether oxygens (including phenoxy) is 1. The van der Waals surface area contributed by atoms with E-state index in [2.05, 4.69) is 5.32 Å².